The van der Waals surface area contributed by atoms with Gasteiger partial charge in [0.15, 0.2) is 18.1 Å². The van der Waals surface area contributed by atoms with Crippen LogP contribution < -0.4 is 9.47 Å². The summed E-state index contributed by atoms with van der Waals surface area (Å²) >= 11 is 1.17. The molecule has 1 atom stereocenters. The van der Waals surface area contributed by atoms with Gasteiger partial charge in [-0.05, 0) is 38.7 Å². The fourth-order valence-electron chi connectivity index (χ4n) is 2.54. The number of hydrazone groups is 1. The van der Waals surface area contributed by atoms with Crippen molar-refractivity contribution in [3.05, 3.63) is 23.8 Å². The number of hydrogen-bond acceptors (Lipinski definition) is 6. The molecule has 156 valence electrons. The van der Waals surface area contributed by atoms with E-state index in [1.165, 1.54) is 29.9 Å². The molecule has 0 spiro atoms. The Balaban J connectivity index is 2.35. The number of ether oxygens (including phenoxy) is 2. The molecule has 28 heavy (non-hydrogen) atoms. The van der Waals surface area contributed by atoms with E-state index in [2.05, 4.69) is 5.10 Å². The van der Waals surface area contributed by atoms with Gasteiger partial charge in [0.25, 0.3) is 0 Å². The molecule has 0 fully saturated rings. The van der Waals surface area contributed by atoms with Crippen molar-refractivity contribution in [1.29, 1.82) is 0 Å². The van der Waals surface area contributed by atoms with Crippen molar-refractivity contribution in [2.45, 2.75) is 24.8 Å². The topological polar surface area (TPSA) is 54.4 Å². The van der Waals surface area contributed by atoms with Crippen LogP contribution in [0.1, 0.15) is 18.9 Å². The molecule has 0 bridgehead atoms. The summed E-state index contributed by atoms with van der Waals surface area (Å²) in [5.41, 5.74) is 1.23. The van der Waals surface area contributed by atoms with Crippen LogP contribution in [0.25, 0.3) is 0 Å². The number of carbonyl (C=O) groups excluding carboxylic acids is 1. The number of benzene rings is 1. The van der Waals surface area contributed by atoms with E-state index < -0.39 is 12.8 Å². The normalized spacial score (nSPS) is 17.7. The molecular formula is C18H24F3N3O3S. The number of alkyl halides is 3. The number of methoxy groups -OCH3 is 1. The van der Waals surface area contributed by atoms with E-state index in [1.807, 2.05) is 25.9 Å². The summed E-state index contributed by atoms with van der Waals surface area (Å²) in [4.78, 5) is 14.3. The molecule has 1 aromatic carbocycles. The van der Waals surface area contributed by atoms with E-state index in [1.54, 1.807) is 12.1 Å². The van der Waals surface area contributed by atoms with E-state index in [0.717, 1.165) is 0 Å². The summed E-state index contributed by atoms with van der Waals surface area (Å²) in [5, 5.41) is 5.57. The lowest BCUT2D eigenvalue weighted by Gasteiger charge is -2.29. The highest BCUT2D eigenvalue weighted by Crippen LogP contribution is 2.34. The van der Waals surface area contributed by atoms with Gasteiger partial charge in [-0.25, -0.2) is 5.01 Å². The lowest BCUT2D eigenvalue weighted by molar-refractivity contribution is -0.153. The summed E-state index contributed by atoms with van der Waals surface area (Å²) in [7, 11) is 5.16. The van der Waals surface area contributed by atoms with E-state index >= 15 is 0 Å². The molecule has 1 aliphatic rings. The lowest BCUT2D eigenvalue weighted by Crippen LogP contribution is -2.38. The second-order valence-corrected chi connectivity index (χ2v) is 7.62. The molecule has 1 unspecified atom stereocenters. The molecule has 6 nitrogen and oxygen atoms in total. The summed E-state index contributed by atoms with van der Waals surface area (Å²) in [6, 6.07) is 4.73. The van der Waals surface area contributed by atoms with Gasteiger partial charge in [0.05, 0.1) is 24.6 Å². The van der Waals surface area contributed by atoms with E-state index in [-0.39, 0.29) is 22.0 Å². The van der Waals surface area contributed by atoms with Crippen molar-refractivity contribution < 1.29 is 27.4 Å². The summed E-state index contributed by atoms with van der Waals surface area (Å²) < 4.78 is 47.7. The van der Waals surface area contributed by atoms with Crippen molar-refractivity contribution in [1.82, 2.24) is 9.91 Å². The van der Waals surface area contributed by atoms with Crippen LogP contribution >= 0.6 is 11.8 Å². The highest BCUT2D eigenvalue weighted by molar-refractivity contribution is 8.14. The highest BCUT2D eigenvalue weighted by Gasteiger charge is 2.32. The van der Waals surface area contributed by atoms with Gasteiger partial charge in [-0.2, -0.15) is 18.3 Å². The van der Waals surface area contributed by atoms with Crippen molar-refractivity contribution in [3.8, 4) is 11.5 Å². The molecule has 10 heteroatoms. The van der Waals surface area contributed by atoms with Gasteiger partial charge in [0.2, 0.25) is 0 Å². The Bertz CT molecular complexity index is 726. The molecule has 2 rings (SSSR count). The number of likely N-dealkylation sites (N-methyl/N-ethyl adjacent to an activating group) is 1. The van der Waals surface area contributed by atoms with Crippen LogP contribution in [0, 0.1) is 0 Å². The van der Waals surface area contributed by atoms with Crippen molar-refractivity contribution >= 4 is 22.7 Å². The Morgan fingerprint density at radius 3 is 2.57 bits per heavy atom. The van der Waals surface area contributed by atoms with Gasteiger partial charge >= 0.3 is 11.4 Å². The maximum atomic E-state index is 12.6. The smallest absolute Gasteiger partial charge is 0.422 e. The van der Waals surface area contributed by atoms with Crippen LogP contribution in [0.3, 0.4) is 0 Å². The molecule has 1 aromatic rings. The average molecular weight is 419 g/mol. The third-order valence-corrected chi connectivity index (χ3v) is 5.22. The van der Waals surface area contributed by atoms with Crippen LogP contribution in [0.5, 0.6) is 11.5 Å². The Hall–Kier alpha value is -1.94. The first kappa shape index (κ1) is 22.4. The first-order valence-electron chi connectivity index (χ1n) is 8.74. The zero-order valence-electron chi connectivity index (χ0n) is 16.2. The zero-order chi connectivity index (χ0) is 20.9. The maximum absolute atomic E-state index is 12.6. The number of carbonyl (C=O) groups is 1. The Kier molecular flexibility index (Phi) is 7.59. The number of hydrogen-bond donors (Lipinski definition) is 0. The maximum Gasteiger partial charge on any atom is 0.422 e. The third kappa shape index (κ3) is 6.03. The first-order valence-corrected chi connectivity index (χ1v) is 9.62. The summed E-state index contributed by atoms with van der Waals surface area (Å²) in [5.74, 6) is 0.183. The van der Waals surface area contributed by atoms with Crippen LogP contribution in [0.2, 0.25) is 0 Å². The number of amides is 1. The predicted octanol–water partition coefficient (Wildman–Crippen LogP) is 3.85. The van der Waals surface area contributed by atoms with Crippen LogP contribution in [-0.4, -0.2) is 73.2 Å². The molecule has 1 aliphatic heterocycles. The summed E-state index contributed by atoms with van der Waals surface area (Å²) in [6.07, 6.45) is -3.80. The SMILES string of the molecule is CCC1SC(=O)N(CCN(C)C)N=C1c1ccc(OC)c(OCC(F)(F)F)c1. The van der Waals surface area contributed by atoms with Crippen LogP contribution in [0.4, 0.5) is 18.0 Å². The third-order valence-electron chi connectivity index (χ3n) is 3.97. The van der Waals surface area contributed by atoms with Crippen molar-refractivity contribution in [2.75, 3.05) is 40.9 Å². The molecule has 0 aliphatic carbocycles. The average Bonchev–Trinajstić information content (AvgIpc) is 2.64. The van der Waals surface area contributed by atoms with Gasteiger partial charge in [0.1, 0.15) is 0 Å². The molecule has 0 aromatic heterocycles. The monoisotopic (exact) mass is 419 g/mol. The van der Waals surface area contributed by atoms with Crippen molar-refractivity contribution in [2.24, 2.45) is 5.10 Å². The molecular weight excluding hydrogens is 395 g/mol. The Labute approximate surface area is 166 Å². The van der Waals surface area contributed by atoms with Crippen LogP contribution in [-0.2, 0) is 0 Å². The lowest BCUT2D eigenvalue weighted by atomic mass is 10.0. The second kappa shape index (κ2) is 9.51. The van der Waals surface area contributed by atoms with Gasteiger partial charge in [-0.3, -0.25) is 4.79 Å². The Morgan fingerprint density at radius 2 is 2.00 bits per heavy atom. The van der Waals surface area contributed by atoms with Gasteiger partial charge in [-0.15, -0.1) is 0 Å². The Morgan fingerprint density at radius 1 is 1.29 bits per heavy atom. The molecule has 0 saturated carbocycles. The summed E-state index contributed by atoms with van der Waals surface area (Å²) in [6.45, 7) is 1.58. The number of nitrogens with zero attached hydrogens (tertiary/aromatic N) is 3. The molecule has 0 radical (unpaired) electrons. The van der Waals surface area contributed by atoms with E-state index in [9.17, 15) is 18.0 Å². The minimum absolute atomic E-state index is 0.0170. The van der Waals surface area contributed by atoms with Crippen LogP contribution in [0.15, 0.2) is 23.3 Å². The van der Waals surface area contributed by atoms with Gasteiger partial charge < -0.3 is 14.4 Å². The minimum Gasteiger partial charge on any atom is -0.493 e. The predicted molar refractivity (Wildman–Crippen MR) is 103 cm³/mol. The van der Waals surface area contributed by atoms with Gasteiger partial charge in [0, 0.05) is 12.1 Å². The van der Waals surface area contributed by atoms with Crippen molar-refractivity contribution in [3.63, 3.8) is 0 Å². The van der Waals surface area contributed by atoms with E-state index in [4.69, 9.17) is 9.47 Å². The highest BCUT2D eigenvalue weighted by atomic mass is 32.2. The molecule has 1 heterocycles. The van der Waals surface area contributed by atoms with Gasteiger partial charge in [-0.1, -0.05) is 18.7 Å². The zero-order valence-corrected chi connectivity index (χ0v) is 17.1. The standard InChI is InChI=1S/C18H24F3N3O3S/c1-5-15-16(22-24(17(25)28-15)9-8-23(2)3)12-6-7-13(26-4)14(10-12)27-11-18(19,20)21/h6-7,10,15H,5,8-9,11H2,1-4H3. The fourth-order valence-corrected chi connectivity index (χ4v) is 3.50. The number of halogens is 3. The van der Waals surface area contributed by atoms with E-state index in [0.29, 0.717) is 30.8 Å². The molecule has 0 N–H and O–H groups in total. The molecule has 0 saturated heterocycles. The fraction of sp³-hybridized carbons (Fsp3) is 0.556. The number of thioether (sulfide) groups is 1. The molecule has 1 amide bonds. The minimum atomic E-state index is -4.46. The largest absolute Gasteiger partial charge is 0.493 e. The quantitative estimate of drug-likeness (QED) is 0.641. The second-order valence-electron chi connectivity index (χ2n) is 6.46. The number of rotatable bonds is 8. The first-order chi connectivity index (χ1) is 13.1.